The first-order valence-corrected chi connectivity index (χ1v) is 10.1. The molecule has 0 aliphatic heterocycles. The van der Waals surface area contributed by atoms with Crippen molar-refractivity contribution in [3.05, 3.63) is 52.2 Å². The summed E-state index contributed by atoms with van der Waals surface area (Å²) < 4.78 is 6.03. The number of aryl methyl sites for hydroxylation is 1. The van der Waals surface area contributed by atoms with E-state index in [9.17, 15) is 4.79 Å². The van der Waals surface area contributed by atoms with Crippen molar-refractivity contribution in [1.82, 2.24) is 20.3 Å². The quantitative estimate of drug-likeness (QED) is 0.673. The molecule has 0 saturated heterocycles. The van der Waals surface area contributed by atoms with Crippen molar-refractivity contribution in [3.63, 3.8) is 0 Å². The molecular weight excluding hydrogens is 360 g/mol. The maximum absolute atomic E-state index is 12.5. The molecule has 3 heterocycles. The van der Waals surface area contributed by atoms with Gasteiger partial charge in [0.15, 0.2) is 0 Å². The Morgan fingerprint density at radius 2 is 2.26 bits per heavy atom. The Bertz CT molecular complexity index is 927. The zero-order chi connectivity index (χ0) is 18.6. The van der Waals surface area contributed by atoms with Crippen LogP contribution in [0.1, 0.15) is 46.7 Å². The van der Waals surface area contributed by atoms with Crippen LogP contribution in [0.5, 0.6) is 5.88 Å². The predicted octanol–water partition coefficient (Wildman–Crippen LogP) is 4.09. The normalized spacial score (nSPS) is 14.4. The Hall–Kier alpha value is -2.67. The van der Waals surface area contributed by atoms with Crippen molar-refractivity contribution < 1.29 is 9.53 Å². The van der Waals surface area contributed by atoms with E-state index >= 15 is 0 Å². The lowest BCUT2D eigenvalue weighted by molar-refractivity contribution is 0.0946. The van der Waals surface area contributed by atoms with Gasteiger partial charge in [0.05, 0.1) is 10.7 Å². The highest BCUT2D eigenvalue weighted by Crippen LogP contribution is 2.25. The third-order valence-electron chi connectivity index (χ3n) is 4.71. The zero-order valence-electron chi connectivity index (χ0n) is 15.2. The summed E-state index contributed by atoms with van der Waals surface area (Å²) in [5.74, 6) is 0.457. The maximum atomic E-state index is 12.5. The molecule has 7 heteroatoms. The SMILES string of the molecule is Cc1nc(-c2c[nH]c(C(=O)NCc3cccnc3OC3CCCC3)c2)cs1. The average molecular weight is 382 g/mol. The summed E-state index contributed by atoms with van der Waals surface area (Å²) in [7, 11) is 0. The Morgan fingerprint density at radius 3 is 3.04 bits per heavy atom. The predicted molar refractivity (Wildman–Crippen MR) is 105 cm³/mol. The lowest BCUT2D eigenvalue weighted by atomic mass is 10.2. The third kappa shape index (κ3) is 4.19. The fourth-order valence-electron chi connectivity index (χ4n) is 3.27. The average Bonchev–Trinajstić information content (AvgIpc) is 3.42. The molecule has 1 fully saturated rings. The van der Waals surface area contributed by atoms with E-state index < -0.39 is 0 Å². The number of nitrogens with zero attached hydrogens (tertiary/aromatic N) is 2. The summed E-state index contributed by atoms with van der Waals surface area (Å²) in [6, 6.07) is 5.62. The number of ether oxygens (including phenoxy) is 1. The van der Waals surface area contributed by atoms with E-state index in [1.54, 1.807) is 17.5 Å². The van der Waals surface area contributed by atoms with Crippen LogP contribution in [0.2, 0.25) is 0 Å². The summed E-state index contributed by atoms with van der Waals surface area (Å²) in [5, 5.41) is 5.93. The van der Waals surface area contributed by atoms with Crippen LogP contribution in [0.3, 0.4) is 0 Å². The summed E-state index contributed by atoms with van der Waals surface area (Å²) in [5.41, 5.74) is 3.20. The number of aromatic amines is 1. The number of H-pyrrole nitrogens is 1. The summed E-state index contributed by atoms with van der Waals surface area (Å²) >= 11 is 1.59. The summed E-state index contributed by atoms with van der Waals surface area (Å²) in [6.07, 6.45) is 8.33. The first-order valence-electron chi connectivity index (χ1n) is 9.19. The molecular formula is C20H22N4O2S. The molecule has 27 heavy (non-hydrogen) atoms. The number of hydrogen-bond acceptors (Lipinski definition) is 5. The fourth-order valence-corrected chi connectivity index (χ4v) is 3.89. The van der Waals surface area contributed by atoms with Crippen LogP contribution >= 0.6 is 11.3 Å². The Kier molecular flexibility index (Phi) is 5.20. The van der Waals surface area contributed by atoms with Gasteiger partial charge in [-0.1, -0.05) is 6.07 Å². The van der Waals surface area contributed by atoms with Crippen molar-refractivity contribution in [2.45, 2.75) is 45.3 Å². The number of hydrogen-bond donors (Lipinski definition) is 2. The first kappa shape index (κ1) is 17.7. The minimum absolute atomic E-state index is 0.163. The van der Waals surface area contributed by atoms with Crippen LogP contribution in [0.25, 0.3) is 11.3 Å². The minimum atomic E-state index is -0.163. The lowest BCUT2D eigenvalue weighted by Gasteiger charge is -2.15. The molecule has 0 atom stereocenters. The number of carbonyl (C=O) groups is 1. The van der Waals surface area contributed by atoms with Gasteiger partial charge in [0.1, 0.15) is 11.8 Å². The van der Waals surface area contributed by atoms with Crippen LogP contribution in [0.4, 0.5) is 0 Å². The third-order valence-corrected chi connectivity index (χ3v) is 5.49. The molecule has 6 nitrogen and oxygen atoms in total. The van der Waals surface area contributed by atoms with Gasteiger partial charge in [-0.15, -0.1) is 11.3 Å². The van der Waals surface area contributed by atoms with Gasteiger partial charge in [0, 0.05) is 35.4 Å². The molecule has 1 saturated carbocycles. The largest absolute Gasteiger partial charge is 0.474 e. The lowest BCUT2D eigenvalue weighted by Crippen LogP contribution is -2.24. The van der Waals surface area contributed by atoms with Crippen LogP contribution in [0, 0.1) is 6.92 Å². The van der Waals surface area contributed by atoms with Gasteiger partial charge in [-0.2, -0.15) is 0 Å². The molecule has 1 aliphatic rings. The van der Waals surface area contributed by atoms with E-state index in [-0.39, 0.29) is 12.0 Å². The van der Waals surface area contributed by atoms with Crippen LogP contribution < -0.4 is 10.1 Å². The Morgan fingerprint density at radius 1 is 1.41 bits per heavy atom. The number of amides is 1. The summed E-state index contributed by atoms with van der Waals surface area (Å²) in [6.45, 7) is 2.34. The molecule has 3 aromatic rings. The highest BCUT2D eigenvalue weighted by atomic mass is 32.1. The second kappa shape index (κ2) is 7.92. The van der Waals surface area contributed by atoms with E-state index in [1.165, 1.54) is 12.8 Å². The molecule has 0 bridgehead atoms. The van der Waals surface area contributed by atoms with Gasteiger partial charge in [-0.3, -0.25) is 4.79 Å². The molecule has 1 aliphatic carbocycles. The smallest absolute Gasteiger partial charge is 0.267 e. The topological polar surface area (TPSA) is 79.9 Å². The van der Waals surface area contributed by atoms with Crippen molar-refractivity contribution in [2.24, 2.45) is 0 Å². The van der Waals surface area contributed by atoms with E-state index in [0.29, 0.717) is 18.1 Å². The minimum Gasteiger partial charge on any atom is -0.474 e. The molecule has 4 rings (SSSR count). The number of aromatic nitrogens is 3. The standard InChI is InChI=1S/C20H22N4O2S/c1-13-24-18(12-27-13)15-9-17(22-11-15)19(25)23-10-14-5-4-8-21-20(14)26-16-6-2-3-7-16/h4-5,8-9,11-12,16,22H,2-3,6-7,10H2,1H3,(H,23,25). The number of thiazole rings is 1. The van der Waals surface area contributed by atoms with E-state index in [1.807, 2.05) is 36.7 Å². The second-order valence-corrected chi connectivity index (χ2v) is 7.79. The molecule has 0 spiro atoms. The van der Waals surface area contributed by atoms with Crippen LogP contribution in [0.15, 0.2) is 36.0 Å². The van der Waals surface area contributed by atoms with Crippen LogP contribution in [-0.4, -0.2) is 27.0 Å². The van der Waals surface area contributed by atoms with Crippen molar-refractivity contribution in [2.75, 3.05) is 0 Å². The highest BCUT2D eigenvalue weighted by Gasteiger charge is 2.19. The van der Waals surface area contributed by atoms with Crippen LogP contribution in [-0.2, 0) is 6.54 Å². The molecule has 0 radical (unpaired) electrons. The van der Waals surface area contributed by atoms with E-state index in [2.05, 4.69) is 20.3 Å². The fraction of sp³-hybridized carbons (Fsp3) is 0.350. The van der Waals surface area contributed by atoms with Crippen molar-refractivity contribution >= 4 is 17.2 Å². The Labute approximate surface area is 162 Å². The number of pyridine rings is 1. The van der Waals surface area contributed by atoms with Gasteiger partial charge in [0.25, 0.3) is 5.91 Å². The Balaban J connectivity index is 1.40. The number of rotatable bonds is 6. The van der Waals surface area contributed by atoms with Crippen molar-refractivity contribution in [1.29, 1.82) is 0 Å². The monoisotopic (exact) mass is 382 g/mol. The summed E-state index contributed by atoms with van der Waals surface area (Å²) in [4.78, 5) is 24.3. The maximum Gasteiger partial charge on any atom is 0.267 e. The van der Waals surface area contributed by atoms with Gasteiger partial charge < -0.3 is 15.0 Å². The zero-order valence-corrected chi connectivity index (χ0v) is 16.0. The molecule has 0 aromatic carbocycles. The highest BCUT2D eigenvalue weighted by molar-refractivity contribution is 7.09. The number of carbonyl (C=O) groups excluding carboxylic acids is 1. The number of nitrogens with one attached hydrogen (secondary N) is 2. The molecule has 140 valence electrons. The first-order chi connectivity index (χ1) is 13.2. The van der Waals surface area contributed by atoms with Crippen molar-refractivity contribution in [3.8, 4) is 17.1 Å². The van der Waals surface area contributed by atoms with Gasteiger partial charge in [-0.05, 0) is 44.7 Å². The second-order valence-electron chi connectivity index (χ2n) is 6.73. The van der Waals surface area contributed by atoms with E-state index in [0.717, 1.165) is 34.7 Å². The molecule has 3 aromatic heterocycles. The van der Waals surface area contributed by atoms with Gasteiger partial charge in [0.2, 0.25) is 5.88 Å². The van der Waals surface area contributed by atoms with Gasteiger partial charge in [-0.25, -0.2) is 9.97 Å². The molecule has 0 unspecified atom stereocenters. The van der Waals surface area contributed by atoms with E-state index in [4.69, 9.17) is 4.74 Å². The molecule has 1 amide bonds. The van der Waals surface area contributed by atoms with Gasteiger partial charge >= 0.3 is 0 Å². The molecule has 2 N–H and O–H groups in total.